The molecule has 0 spiro atoms. The molecule has 1 aromatic heterocycles. The molecule has 2 aromatic carbocycles. The van der Waals surface area contributed by atoms with Crippen LogP contribution in [-0.2, 0) is 11.3 Å². The Morgan fingerprint density at radius 3 is 2.59 bits per heavy atom. The normalized spacial score (nSPS) is 13.5. The molecule has 4 rings (SSSR count). The molecule has 3 aromatic rings. The van der Waals surface area contributed by atoms with Gasteiger partial charge in [0, 0.05) is 18.2 Å². The Labute approximate surface area is 186 Å². The van der Waals surface area contributed by atoms with Crippen LogP contribution in [0, 0.1) is 0 Å². The van der Waals surface area contributed by atoms with E-state index in [4.69, 9.17) is 9.47 Å². The molecule has 1 aliphatic heterocycles. The van der Waals surface area contributed by atoms with Gasteiger partial charge in [-0.3, -0.25) is 4.79 Å². The lowest BCUT2D eigenvalue weighted by Gasteiger charge is -2.14. The molecule has 6 nitrogen and oxygen atoms in total. The van der Waals surface area contributed by atoms with Gasteiger partial charge >= 0.3 is 6.18 Å². The number of imidazole rings is 1. The molecule has 32 heavy (non-hydrogen) atoms. The summed E-state index contributed by atoms with van der Waals surface area (Å²) in [5.74, 6) is 0.684. The average molecular weight is 463 g/mol. The maximum atomic E-state index is 13.2. The molecule has 0 fully saturated rings. The highest BCUT2D eigenvalue weighted by atomic mass is 32.2. The second kappa shape index (κ2) is 9.56. The van der Waals surface area contributed by atoms with Gasteiger partial charge in [-0.15, -0.1) is 0 Å². The molecule has 1 N–H and O–H groups in total. The van der Waals surface area contributed by atoms with Crippen LogP contribution in [0.25, 0.3) is 11.3 Å². The molecular formula is C22H20F3N3O3S. The second-order valence-electron chi connectivity index (χ2n) is 7.04. The molecule has 1 aliphatic rings. The lowest BCUT2D eigenvalue weighted by atomic mass is 10.2. The SMILES string of the molecule is O=C(CSc1ncc(-c2ccccc2)n1CC(F)(F)F)Nc1ccc2c(c1)OCCCO2. The zero-order chi connectivity index (χ0) is 22.6. The zero-order valence-electron chi connectivity index (χ0n) is 16.9. The summed E-state index contributed by atoms with van der Waals surface area (Å²) in [6.07, 6.45) is -2.26. The maximum absolute atomic E-state index is 13.2. The Hall–Kier alpha value is -3.14. The Morgan fingerprint density at radius 1 is 1.09 bits per heavy atom. The van der Waals surface area contributed by atoms with Crippen molar-refractivity contribution in [3.8, 4) is 22.8 Å². The minimum Gasteiger partial charge on any atom is -0.490 e. The van der Waals surface area contributed by atoms with E-state index in [1.165, 1.54) is 6.20 Å². The highest BCUT2D eigenvalue weighted by molar-refractivity contribution is 7.99. The number of nitrogens with zero attached hydrogens (tertiary/aromatic N) is 2. The third-order valence-corrected chi connectivity index (χ3v) is 5.58. The van der Waals surface area contributed by atoms with E-state index in [9.17, 15) is 18.0 Å². The number of fused-ring (bicyclic) bond motifs is 1. The summed E-state index contributed by atoms with van der Waals surface area (Å²) < 4.78 is 51.8. The molecule has 0 aliphatic carbocycles. The number of alkyl halides is 3. The minimum atomic E-state index is -4.42. The van der Waals surface area contributed by atoms with Crippen LogP contribution in [-0.4, -0.2) is 40.6 Å². The second-order valence-corrected chi connectivity index (χ2v) is 7.98. The smallest absolute Gasteiger partial charge is 0.406 e. The van der Waals surface area contributed by atoms with Gasteiger partial charge in [0.1, 0.15) is 6.54 Å². The predicted octanol–water partition coefficient (Wildman–Crippen LogP) is 5.00. The number of thioether (sulfide) groups is 1. The van der Waals surface area contributed by atoms with Gasteiger partial charge < -0.3 is 19.4 Å². The van der Waals surface area contributed by atoms with E-state index in [-0.39, 0.29) is 16.8 Å². The van der Waals surface area contributed by atoms with Crippen molar-refractivity contribution in [2.75, 3.05) is 24.3 Å². The monoisotopic (exact) mass is 463 g/mol. The fourth-order valence-electron chi connectivity index (χ4n) is 3.21. The van der Waals surface area contributed by atoms with Gasteiger partial charge in [-0.05, 0) is 17.7 Å². The van der Waals surface area contributed by atoms with Gasteiger partial charge in [0.05, 0.1) is 30.9 Å². The average Bonchev–Trinajstić information content (AvgIpc) is 2.98. The molecule has 0 bridgehead atoms. The number of amides is 1. The third kappa shape index (κ3) is 5.56. The van der Waals surface area contributed by atoms with Crippen LogP contribution in [0.3, 0.4) is 0 Å². The van der Waals surface area contributed by atoms with Crippen molar-refractivity contribution in [3.05, 3.63) is 54.7 Å². The van der Waals surface area contributed by atoms with Gasteiger partial charge in [-0.2, -0.15) is 13.2 Å². The number of nitrogens with one attached hydrogen (secondary N) is 1. The van der Waals surface area contributed by atoms with E-state index in [0.717, 1.165) is 22.7 Å². The number of hydrogen-bond donors (Lipinski definition) is 1. The summed E-state index contributed by atoms with van der Waals surface area (Å²) in [6, 6.07) is 13.8. The van der Waals surface area contributed by atoms with Gasteiger partial charge in [0.15, 0.2) is 16.7 Å². The maximum Gasteiger partial charge on any atom is 0.406 e. The molecule has 0 atom stereocenters. The number of aromatic nitrogens is 2. The minimum absolute atomic E-state index is 0.0997. The molecule has 0 unspecified atom stereocenters. The van der Waals surface area contributed by atoms with E-state index in [0.29, 0.717) is 41.7 Å². The summed E-state index contributed by atoms with van der Waals surface area (Å²) in [7, 11) is 0. The number of carbonyl (C=O) groups is 1. The molecule has 0 radical (unpaired) electrons. The number of hydrogen-bond acceptors (Lipinski definition) is 5. The number of carbonyl (C=O) groups excluding carboxylic acids is 1. The Bertz CT molecular complexity index is 1090. The van der Waals surface area contributed by atoms with Crippen molar-refractivity contribution in [2.45, 2.75) is 24.3 Å². The number of ether oxygens (including phenoxy) is 2. The Balaban J connectivity index is 1.46. The summed E-state index contributed by atoms with van der Waals surface area (Å²) in [6.45, 7) is -0.111. The fraction of sp³-hybridized carbons (Fsp3) is 0.273. The molecule has 0 saturated heterocycles. The number of halogens is 3. The highest BCUT2D eigenvalue weighted by Gasteiger charge is 2.31. The first kappa shape index (κ1) is 22.1. The predicted molar refractivity (Wildman–Crippen MR) is 115 cm³/mol. The lowest BCUT2D eigenvalue weighted by molar-refractivity contribution is -0.141. The topological polar surface area (TPSA) is 65.4 Å². The Kier molecular flexibility index (Phi) is 6.59. The van der Waals surface area contributed by atoms with E-state index in [1.54, 1.807) is 48.5 Å². The number of benzene rings is 2. The quantitative estimate of drug-likeness (QED) is 0.521. The zero-order valence-corrected chi connectivity index (χ0v) is 17.7. The molecule has 10 heteroatoms. The Morgan fingerprint density at radius 2 is 1.84 bits per heavy atom. The van der Waals surface area contributed by atoms with Crippen LogP contribution in [0.15, 0.2) is 59.9 Å². The van der Waals surface area contributed by atoms with Crippen molar-refractivity contribution in [1.82, 2.24) is 9.55 Å². The van der Waals surface area contributed by atoms with Crippen LogP contribution < -0.4 is 14.8 Å². The van der Waals surface area contributed by atoms with E-state index < -0.39 is 12.7 Å². The molecule has 1 amide bonds. The summed E-state index contributed by atoms with van der Waals surface area (Å²) >= 11 is 0.947. The van der Waals surface area contributed by atoms with Crippen LogP contribution in [0.2, 0.25) is 0 Å². The third-order valence-electron chi connectivity index (χ3n) is 4.59. The molecule has 168 valence electrons. The summed E-state index contributed by atoms with van der Waals surface area (Å²) in [5.41, 5.74) is 1.48. The van der Waals surface area contributed by atoms with Crippen molar-refractivity contribution < 1.29 is 27.4 Å². The fourth-order valence-corrected chi connectivity index (χ4v) is 3.99. The van der Waals surface area contributed by atoms with Gasteiger partial charge in [-0.25, -0.2) is 4.98 Å². The molecule has 0 saturated carbocycles. The highest BCUT2D eigenvalue weighted by Crippen LogP contribution is 2.33. The van der Waals surface area contributed by atoms with E-state index in [1.807, 2.05) is 0 Å². The molecular weight excluding hydrogens is 443 g/mol. The van der Waals surface area contributed by atoms with Crippen molar-refractivity contribution in [2.24, 2.45) is 0 Å². The first-order valence-corrected chi connectivity index (χ1v) is 10.9. The van der Waals surface area contributed by atoms with E-state index in [2.05, 4.69) is 10.3 Å². The standard InChI is InChI=1S/C22H20F3N3O3S/c23-22(24,25)14-28-17(15-5-2-1-3-6-15)12-26-21(28)32-13-20(29)27-16-7-8-18-19(11-16)31-10-4-9-30-18/h1-3,5-8,11-12H,4,9-10,13-14H2,(H,27,29). The largest absolute Gasteiger partial charge is 0.490 e. The van der Waals surface area contributed by atoms with Crippen molar-refractivity contribution >= 4 is 23.4 Å². The van der Waals surface area contributed by atoms with Gasteiger partial charge in [0.2, 0.25) is 5.91 Å². The summed E-state index contributed by atoms with van der Waals surface area (Å²) in [5, 5.41) is 2.85. The first-order chi connectivity index (χ1) is 15.4. The number of anilines is 1. The van der Waals surface area contributed by atoms with Crippen LogP contribution >= 0.6 is 11.8 Å². The number of rotatable bonds is 6. The van der Waals surface area contributed by atoms with Gasteiger partial charge in [0.25, 0.3) is 0 Å². The van der Waals surface area contributed by atoms with Crippen LogP contribution in [0.4, 0.5) is 18.9 Å². The van der Waals surface area contributed by atoms with Crippen molar-refractivity contribution in [1.29, 1.82) is 0 Å². The van der Waals surface area contributed by atoms with Crippen molar-refractivity contribution in [3.63, 3.8) is 0 Å². The lowest BCUT2D eigenvalue weighted by Crippen LogP contribution is -2.20. The van der Waals surface area contributed by atoms with Crippen LogP contribution in [0.1, 0.15) is 6.42 Å². The van der Waals surface area contributed by atoms with Crippen LogP contribution in [0.5, 0.6) is 11.5 Å². The van der Waals surface area contributed by atoms with Gasteiger partial charge in [-0.1, -0.05) is 42.1 Å². The van der Waals surface area contributed by atoms with E-state index >= 15 is 0 Å². The first-order valence-electron chi connectivity index (χ1n) is 9.89. The molecule has 2 heterocycles. The summed E-state index contributed by atoms with van der Waals surface area (Å²) in [4.78, 5) is 16.6.